The number of halogens is 1. The molecule has 146 valence electrons. The third kappa shape index (κ3) is 3.43. The fraction of sp³-hybridized carbons (Fsp3) is 0.238. The van der Waals surface area contributed by atoms with Crippen LogP contribution in [0.15, 0.2) is 48.5 Å². The van der Waals surface area contributed by atoms with Crippen molar-refractivity contribution in [2.45, 2.75) is 13.0 Å². The van der Waals surface area contributed by atoms with Crippen molar-refractivity contribution < 1.29 is 0 Å². The Hall–Kier alpha value is -3.03. The van der Waals surface area contributed by atoms with E-state index in [0.29, 0.717) is 16.8 Å². The number of piperazine rings is 1. The summed E-state index contributed by atoms with van der Waals surface area (Å²) in [5.41, 5.74) is 4.07. The highest BCUT2D eigenvalue weighted by molar-refractivity contribution is 6.31. The van der Waals surface area contributed by atoms with Crippen LogP contribution in [0.25, 0.3) is 22.3 Å². The molecule has 0 spiro atoms. The molecular weight excluding hydrogens is 386 g/mol. The first-order chi connectivity index (χ1) is 14.2. The molecule has 5 rings (SSSR count). The van der Waals surface area contributed by atoms with Crippen molar-refractivity contribution in [3.63, 3.8) is 0 Å². The van der Waals surface area contributed by atoms with Gasteiger partial charge >= 0.3 is 0 Å². The van der Waals surface area contributed by atoms with E-state index in [-0.39, 0.29) is 6.04 Å². The van der Waals surface area contributed by atoms with Gasteiger partial charge in [-0.3, -0.25) is 5.10 Å². The number of rotatable bonds is 3. The predicted octanol–water partition coefficient (Wildman–Crippen LogP) is 3.53. The van der Waals surface area contributed by atoms with Gasteiger partial charge in [0, 0.05) is 42.3 Å². The Morgan fingerprint density at radius 3 is 2.83 bits per heavy atom. The number of aromatic amines is 1. The monoisotopic (exact) mass is 405 g/mol. The van der Waals surface area contributed by atoms with Crippen LogP contribution in [0.3, 0.4) is 0 Å². The Morgan fingerprint density at radius 1 is 1.10 bits per heavy atom. The van der Waals surface area contributed by atoms with E-state index >= 15 is 0 Å². The Morgan fingerprint density at radius 2 is 1.97 bits per heavy atom. The van der Waals surface area contributed by atoms with E-state index in [2.05, 4.69) is 54.9 Å². The van der Waals surface area contributed by atoms with E-state index < -0.39 is 0 Å². The second kappa shape index (κ2) is 7.42. The molecule has 1 fully saturated rings. The Balaban J connectivity index is 1.48. The lowest BCUT2D eigenvalue weighted by Gasteiger charge is -2.34. The van der Waals surface area contributed by atoms with Crippen LogP contribution in [0.5, 0.6) is 0 Å². The van der Waals surface area contributed by atoms with Crippen molar-refractivity contribution in [1.29, 1.82) is 0 Å². The third-order valence-electron chi connectivity index (χ3n) is 5.31. The summed E-state index contributed by atoms with van der Waals surface area (Å²) >= 11 is 6.40. The van der Waals surface area contributed by atoms with E-state index in [4.69, 9.17) is 16.6 Å². The summed E-state index contributed by atoms with van der Waals surface area (Å²) in [6.07, 6.45) is 0. The van der Waals surface area contributed by atoms with Gasteiger partial charge in [-0.2, -0.15) is 5.10 Å². The standard InChI is InChI=1S/C21H20ClN7/c1-13-16-11-15(7-8-17(16)26-25-13)20-24-21(19(22)27-28-20)29-10-9-23-18(12-29)14-5-3-2-4-6-14/h2-8,11,18,23H,9-10,12H2,1H3,(H,25,26). The molecule has 4 aromatic rings. The van der Waals surface area contributed by atoms with Crippen LogP contribution < -0.4 is 10.2 Å². The maximum atomic E-state index is 6.40. The quantitative estimate of drug-likeness (QED) is 0.542. The summed E-state index contributed by atoms with van der Waals surface area (Å²) in [6.45, 7) is 4.41. The van der Waals surface area contributed by atoms with E-state index in [1.807, 2.05) is 31.2 Å². The highest BCUT2D eigenvalue weighted by Crippen LogP contribution is 2.29. The number of aryl methyl sites for hydroxylation is 1. The Labute approximate surface area is 173 Å². The molecule has 1 aliphatic heterocycles. The first-order valence-corrected chi connectivity index (χ1v) is 9.95. The normalized spacial score (nSPS) is 17.0. The Bertz CT molecular complexity index is 1160. The van der Waals surface area contributed by atoms with Gasteiger partial charge in [0.2, 0.25) is 0 Å². The van der Waals surface area contributed by atoms with E-state index in [0.717, 1.165) is 41.8 Å². The molecule has 2 aromatic carbocycles. The molecule has 0 radical (unpaired) electrons. The van der Waals surface area contributed by atoms with Gasteiger partial charge in [0.15, 0.2) is 16.8 Å². The number of benzene rings is 2. The van der Waals surface area contributed by atoms with Crippen LogP contribution in [0.4, 0.5) is 5.82 Å². The molecule has 0 amide bonds. The van der Waals surface area contributed by atoms with Crippen molar-refractivity contribution in [2.24, 2.45) is 0 Å². The highest BCUT2D eigenvalue weighted by atomic mass is 35.5. The van der Waals surface area contributed by atoms with Crippen LogP contribution in [-0.2, 0) is 0 Å². The van der Waals surface area contributed by atoms with Gasteiger partial charge in [0.05, 0.1) is 5.52 Å². The van der Waals surface area contributed by atoms with Crippen LogP contribution in [0.1, 0.15) is 17.3 Å². The minimum absolute atomic E-state index is 0.212. The summed E-state index contributed by atoms with van der Waals surface area (Å²) < 4.78 is 0. The average Bonchev–Trinajstić information content (AvgIpc) is 3.15. The molecule has 29 heavy (non-hydrogen) atoms. The lowest BCUT2D eigenvalue weighted by molar-refractivity contribution is 0.469. The number of aromatic nitrogens is 5. The number of fused-ring (bicyclic) bond motifs is 1. The third-order valence-corrected chi connectivity index (χ3v) is 5.55. The van der Waals surface area contributed by atoms with Gasteiger partial charge in [-0.05, 0) is 30.7 Å². The van der Waals surface area contributed by atoms with Crippen LogP contribution in [0.2, 0.25) is 5.15 Å². The molecular formula is C21H20ClN7. The van der Waals surface area contributed by atoms with Crippen molar-refractivity contribution in [2.75, 3.05) is 24.5 Å². The number of H-pyrrole nitrogens is 1. The molecule has 1 aliphatic rings. The first-order valence-electron chi connectivity index (χ1n) is 9.57. The molecule has 2 aromatic heterocycles. The number of nitrogens with zero attached hydrogens (tertiary/aromatic N) is 5. The van der Waals surface area contributed by atoms with Crippen molar-refractivity contribution in [3.8, 4) is 11.4 Å². The zero-order chi connectivity index (χ0) is 19.8. The molecule has 3 heterocycles. The summed E-state index contributed by atoms with van der Waals surface area (Å²) in [5.74, 6) is 1.23. The van der Waals surface area contributed by atoms with Crippen LogP contribution in [-0.4, -0.2) is 45.0 Å². The topological polar surface area (TPSA) is 82.6 Å². The fourth-order valence-corrected chi connectivity index (χ4v) is 3.96. The van der Waals surface area contributed by atoms with Gasteiger partial charge in [-0.25, -0.2) is 4.98 Å². The van der Waals surface area contributed by atoms with E-state index in [1.54, 1.807) is 0 Å². The lowest BCUT2D eigenvalue weighted by atomic mass is 10.0. The largest absolute Gasteiger partial charge is 0.351 e. The zero-order valence-corrected chi connectivity index (χ0v) is 16.7. The van der Waals surface area contributed by atoms with Gasteiger partial charge in [-0.1, -0.05) is 41.9 Å². The van der Waals surface area contributed by atoms with Crippen LogP contribution >= 0.6 is 11.6 Å². The summed E-state index contributed by atoms with van der Waals surface area (Å²) in [6, 6.07) is 16.6. The molecule has 0 bridgehead atoms. The van der Waals surface area contributed by atoms with E-state index in [9.17, 15) is 0 Å². The fourth-order valence-electron chi connectivity index (χ4n) is 3.76. The predicted molar refractivity (Wildman–Crippen MR) is 114 cm³/mol. The van der Waals surface area contributed by atoms with Gasteiger partial charge in [0.25, 0.3) is 0 Å². The Kier molecular flexibility index (Phi) is 4.61. The number of hydrogen-bond acceptors (Lipinski definition) is 6. The second-order valence-corrected chi connectivity index (χ2v) is 7.55. The lowest BCUT2D eigenvalue weighted by Crippen LogP contribution is -2.46. The summed E-state index contributed by atoms with van der Waals surface area (Å²) in [7, 11) is 0. The molecule has 1 unspecified atom stereocenters. The summed E-state index contributed by atoms with van der Waals surface area (Å²) in [5, 5.41) is 20.6. The summed E-state index contributed by atoms with van der Waals surface area (Å²) in [4.78, 5) is 6.95. The number of anilines is 1. The molecule has 2 N–H and O–H groups in total. The number of nitrogens with one attached hydrogen (secondary N) is 2. The molecule has 1 atom stereocenters. The minimum atomic E-state index is 0.212. The molecule has 0 saturated carbocycles. The van der Waals surface area contributed by atoms with Crippen LogP contribution in [0, 0.1) is 6.92 Å². The molecule has 1 saturated heterocycles. The van der Waals surface area contributed by atoms with Crippen molar-refractivity contribution in [3.05, 3.63) is 64.9 Å². The highest BCUT2D eigenvalue weighted by Gasteiger charge is 2.24. The van der Waals surface area contributed by atoms with E-state index in [1.165, 1.54) is 5.56 Å². The van der Waals surface area contributed by atoms with Gasteiger partial charge < -0.3 is 10.2 Å². The average molecular weight is 406 g/mol. The van der Waals surface area contributed by atoms with Gasteiger partial charge in [0.1, 0.15) is 0 Å². The smallest absolute Gasteiger partial charge is 0.194 e. The maximum absolute atomic E-state index is 6.40. The molecule has 8 heteroatoms. The second-order valence-electron chi connectivity index (χ2n) is 7.19. The number of hydrogen-bond donors (Lipinski definition) is 2. The molecule has 0 aliphatic carbocycles. The van der Waals surface area contributed by atoms with Crippen molar-refractivity contribution >= 4 is 28.3 Å². The first kappa shape index (κ1) is 18.0. The molecule has 7 nitrogen and oxygen atoms in total. The van der Waals surface area contributed by atoms with Crippen molar-refractivity contribution in [1.82, 2.24) is 30.7 Å². The zero-order valence-electron chi connectivity index (χ0n) is 15.9. The van der Waals surface area contributed by atoms with Gasteiger partial charge in [-0.15, -0.1) is 10.2 Å². The maximum Gasteiger partial charge on any atom is 0.194 e. The minimum Gasteiger partial charge on any atom is -0.351 e. The SMILES string of the molecule is Cc1[nH]nc2ccc(-c3nnc(Cl)c(N4CCNC(c5ccccc5)C4)n3)cc12.